The van der Waals surface area contributed by atoms with Crippen LogP contribution in [-0.4, -0.2) is 54.7 Å². The lowest BCUT2D eigenvalue weighted by Crippen LogP contribution is -2.35. The maximum absolute atomic E-state index is 13.2. The van der Waals surface area contributed by atoms with Crippen molar-refractivity contribution < 1.29 is 51.4 Å². The van der Waals surface area contributed by atoms with Crippen LogP contribution in [-0.2, 0) is 31.6 Å². The monoisotopic (exact) mass is 651 g/mol. The number of unbranched alkanes of at least 4 members (excludes halogenated alkanes) is 5. The number of ether oxygens (including phenoxy) is 1. The van der Waals surface area contributed by atoms with Gasteiger partial charge in [0.2, 0.25) is 0 Å². The van der Waals surface area contributed by atoms with Gasteiger partial charge in [0.05, 0.1) is 18.8 Å². The van der Waals surface area contributed by atoms with Crippen LogP contribution < -0.4 is 16.3 Å². The van der Waals surface area contributed by atoms with Gasteiger partial charge in [-0.3, -0.25) is 18.9 Å². The first-order valence-corrected chi connectivity index (χ1v) is 17.1. The van der Waals surface area contributed by atoms with E-state index in [-0.39, 0.29) is 25.0 Å². The molecule has 16 nitrogen and oxygen atoms in total. The fraction of sp³-hybridized carbons (Fsp3) is 0.565. The van der Waals surface area contributed by atoms with Gasteiger partial charge in [-0.25, -0.2) is 23.6 Å². The average molecular weight is 651 g/mol. The molecule has 0 saturated carbocycles. The number of aromatic amines is 1. The molecule has 1 fully saturated rings. The third-order valence-corrected chi connectivity index (χ3v) is 9.92. The third kappa shape index (κ3) is 12.5. The smallest absolute Gasteiger partial charge is 0.390 e. The SMILES string of the molecule is C#CCCCCC#Cc1cn([C@H]2C[C@@H](O)[C@@H](CNP(=O)(OCCCCC#C)OP(=O)(O)OP(=O)(O)O)O2)c(=O)[nH]c1=O. The van der Waals surface area contributed by atoms with Crippen LogP contribution in [0.4, 0.5) is 0 Å². The van der Waals surface area contributed by atoms with E-state index in [1.54, 1.807) is 0 Å². The van der Waals surface area contributed by atoms with Gasteiger partial charge in [0.25, 0.3) is 5.56 Å². The molecule has 2 rings (SSSR count). The zero-order chi connectivity index (χ0) is 31.4. The number of aromatic nitrogens is 2. The summed E-state index contributed by atoms with van der Waals surface area (Å²) in [4.78, 5) is 54.1. The maximum Gasteiger partial charge on any atom is 0.489 e. The van der Waals surface area contributed by atoms with E-state index in [4.69, 9.17) is 31.9 Å². The van der Waals surface area contributed by atoms with E-state index in [2.05, 4.69) is 42.4 Å². The topological polar surface area (TPSA) is 236 Å². The van der Waals surface area contributed by atoms with Gasteiger partial charge in [0.1, 0.15) is 11.8 Å². The summed E-state index contributed by atoms with van der Waals surface area (Å²) in [7, 11) is -16.0. The first kappa shape index (κ1) is 35.9. The molecule has 232 valence electrons. The van der Waals surface area contributed by atoms with E-state index in [0.29, 0.717) is 25.7 Å². The van der Waals surface area contributed by atoms with Crippen molar-refractivity contribution in [2.24, 2.45) is 0 Å². The Morgan fingerprint density at radius 3 is 2.33 bits per heavy atom. The average Bonchev–Trinajstić information content (AvgIpc) is 3.24. The van der Waals surface area contributed by atoms with Gasteiger partial charge in [-0.1, -0.05) is 11.8 Å². The van der Waals surface area contributed by atoms with E-state index in [9.17, 15) is 33.3 Å². The highest BCUT2D eigenvalue weighted by Gasteiger charge is 2.43. The van der Waals surface area contributed by atoms with Gasteiger partial charge in [-0.15, -0.1) is 24.7 Å². The molecule has 0 amide bonds. The Kier molecular flexibility index (Phi) is 14.1. The van der Waals surface area contributed by atoms with E-state index < -0.39 is 59.6 Å². The summed E-state index contributed by atoms with van der Waals surface area (Å²) >= 11 is 0. The van der Waals surface area contributed by atoms with Gasteiger partial charge in [-0.2, -0.15) is 8.62 Å². The van der Waals surface area contributed by atoms with Crippen molar-refractivity contribution in [1.29, 1.82) is 0 Å². The van der Waals surface area contributed by atoms with Crippen LogP contribution in [0.15, 0.2) is 15.8 Å². The predicted octanol–water partition coefficient (Wildman–Crippen LogP) is 1.47. The molecule has 0 aliphatic carbocycles. The van der Waals surface area contributed by atoms with E-state index >= 15 is 0 Å². The number of hydrogen-bond donors (Lipinski definition) is 6. The molecule has 0 radical (unpaired) electrons. The molecule has 5 atom stereocenters. The van der Waals surface area contributed by atoms with Crippen LogP contribution in [0.3, 0.4) is 0 Å². The minimum Gasteiger partial charge on any atom is -0.390 e. The normalized spacial score (nSPS) is 21.3. The van der Waals surface area contributed by atoms with Crippen molar-refractivity contribution in [3.05, 3.63) is 32.6 Å². The molecule has 2 unspecified atom stereocenters. The molecule has 1 aromatic heterocycles. The van der Waals surface area contributed by atoms with E-state index in [1.807, 2.05) is 0 Å². The third-order valence-electron chi connectivity index (χ3n) is 5.46. The minimum absolute atomic E-state index is 0.0221. The molecule has 19 heteroatoms. The molecule has 0 aromatic carbocycles. The lowest BCUT2D eigenvalue weighted by atomic mass is 10.2. The Morgan fingerprint density at radius 1 is 1.05 bits per heavy atom. The number of nitrogens with zero attached hydrogens (tertiary/aromatic N) is 1. The van der Waals surface area contributed by atoms with Crippen molar-refractivity contribution in [3.63, 3.8) is 0 Å². The van der Waals surface area contributed by atoms with Gasteiger partial charge >= 0.3 is 29.1 Å². The van der Waals surface area contributed by atoms with E-state index in [1.165, 1.54) is 6.20 Å². The summed E-state index contributed by atoms with van der Waals surface area (Å²) < 4.78 is 56.1. The molecule has 2 heterocycles. The Balaban J connectivity index is 2.14. The van der Waals surface area contributed by atoms with Crippen molar-refractivity contribution in [2.45, 2.75) is 69.8 Å². The number of aliphatic hydroxyl groups is 1. The molecule has 1 aliphatic rings. The number of H-pyrrole nitrogens is 1. The first-order chi connectivity index (χ1) is 19.7. The van der Waals surface area contributed by atoms with Crippen LogP contribution >= 0.6 is 23.4 Å². The molecule has 42 heavy (non-hydrogen) atoms. The lowest BCUT2D eigenvalue weighted by molar-refractivity contribution is -0.0177. The zero-order valence-corrected chi connectivity index (χ0v) is 25.0. The van der Waals surface area contributed by atoms with Crippen LogP contribution in [0.2, 0.25) is 0 Å². The number of terminal acetylenes is 2. The number of aliphatic hydroxyl groups excluding tert-OH is 1. The number of nitrogens with one attached hydrogen (secondary N) is 2. The zero-order valence-electron chi connectivity index (χ0n) is 22.3. The van der Waals surface area contributed by atoms with Gasteiger partial charge in [-0.05, 0) is 25.7 Å². The van der Waals surface area contributed by atoms with Crippen molar-refractivity contribution in [2.75, 3.05) is 13.2 Å². The van der Waals surface area contributed by atoms with Crippen LogP contribution in [0.5, 0.6) is 0 Å². The highest BCUT2D eigenvalue weighted by Crippen LogP contribution is 2.66. The highest BCUT2D eigenvalue weighted by molar-refractivity contribution is 7.67. The standard InChI is InChI=1S/C23H32N3O13P3/c1-3-5-7-9-10-11-13-18-17-26(23(29)25-22(18)28)21-15-19(27)20(37-21)16-24-40(30,36-14-12-8-6-4-2)38-42(34,35)39-41(31,32)33/h1-2,17,19-21,27H,5-10,12,14-16H2,(H,24,30)(H,34,35)(H,25,28,29)(H2,31,32,33)/t19-,20-,21-,40?/m1/s1. The second-order valence-electron chi connectivity index (χ2n) is 8.83. The first-order valence-electron chi connectivity index (χ1n) is 12.5. The number of rotatable bonds is 16. The Morgan fingerprint density at radius 2 is 1.69 bits per heavy atom. The fourth-order valence-electron chi connectivity index (χ4n) is 3.56. The maximum atomic E-state index is 13.2. The summed E-state index contributed by atoms with van der Waals surface area (Å²) in [5.74, 6) is 10.4. The largest absolute Gasteiger partial charge is 0.489 e. The lowest BCUT2D eigenvalue weighted by Gasteiger charge is -2.23. The second kappa shape index (κ2) is 16.5. The van der Waals surface area contributed by atoms with Crippen LogP contribution in [0.1, 0.15) is 63.2 Å². The molecular formula is C23H32N3O13P3. The molecule has 1 aromatic rings. The number of hydrogen-bond acceptors (Lipinski definition) is 10. The Labute approximate surface area is 241 Å². The molecule has 0 bridgehead atoms. The molecule has 1 saturated heterocycles. The van der Waals surface area contributed by atoms with Crippen molar-refractivity contribution in [1.82, 2.24) is 14.6 Å². The number of phosphoric acid groups is 2. The summed E-state index contributed by atoms with van der Waals surface area (Å²) in [5, 5.41) is 12.7. The molecular weight excluding hydrogens is 619 g/mol. The summed E-state index contributed by atoms with van der Waals surface area (Å²) in [6.45, 7) is -0.850. The van der Waals surface area contributed by atoms with Crippen molar-refractivity contribution >= 4 is 23.4 Å². The summed E-state index contributed by atoms with van der Waals surface area (Å²) in [5.41, 5.74) is -1.58. The quantitative estimate of drug-likeness (QED) is 0.0844. The minimum atomic E-state index is -5.62. The summed E-state index contributed by atoms with van der Waals surface area (Å²) in [6.07, 6.45) is 11.4. The van der Waals surface area contributed by atoms with Crippen LogP contribution in [0.25, 0.3) is 0 Å². The second-order valence-corrected chi connectivity index (χ2v) is 13.6. The fourth-order valence-corrected chi connectivity index (χ4v) is 7.39. The van der Waals surface area contributed by atoms with Gasteiger partial charge in [0, 0.05) is 38.4 Å². The Bertz CT molecular complexity index is 1480. The van der Waals surface area contributed by atoms with E-state index in [0.717, 1.165) is 17.4 Å². The van der Waals surface area contributed by atoms with Gasteiger partial charge < -0.3 is 24.5 Å². The van der Waals surface area contributed by atoms with Crippen molar-refractivity contribution in [3.8, 4) is 36.5 Å². The molecule has 1 aliphatic heterocycles. The highest BCUT2D eigenvalue weighted by atomic mass is 31.3. The molecule has 6 N–H and O–H groups in total. The molecule has 0 spiro atoms. The Hall–Kier alpha value is -2.31. The van der Waals surface area contributed by atoms with Crippen LogP contribution in [0, 0.1) is 36.5 Å². The van der Waals surface area contributed by atoms with Gasteiger partial charge in [0.15, 0.2) is 0 Å². The summed E-state index contributed by atoms with van der Waals surface area (Å²) in [6, 6.07) is 0. The predicted molar refractivity (Wildman–Crippen MR) is 148 cm³/mol.